The van der Waals surface area contributed by atoms with E-state index in [0.29, 0.717) is 11.1 Å². The van der Waals surface area contributed by atoms with E-state index in [0.717, 1.165) is 40.0 Å². The number of aliphatic carboxylic acids is 1. The van der Waals surface area contributed by atoms with Gasteiger partial charge < -0.3 is 9.84 Å². The summed E-state index contributed by atoms with van der Waals surface area (Å²) in [6.07, 6.45) is 1.10. The molecule has 3 aromatic rings. The molecule has 36 heavy (non-hydrogen) atoms. The van der Waals surface area contributed by atoms with E-state index >= 15 is 0 Å². The average molecular weight is 504 g/mol. The van der Waals surface area contributed by atoms with Gasteiger partial charge in [-0.2, -0.15) is 0 Å². The molecule has 0 bridgehead atoms. The molecule has 1 atom stereocenters. The van der Waals surface area contributed by atoms with E-state index in [9.17, 15) is 23.1 Å². The predicted molar refractivity (Wildman–Crippen MR) is 132 cm³/mol. The quantitative estimate of drug-likeness (QED) is 0.521. The number of carboxylic acid groups (broad SMARTS) is 1. The highest BCUT2D eigenvalue weighted by Crippen LogP contribution is 2.45. The van der Waals surface area contributed by atoms with Gasteiger partial charge in [-0.15, -0.1) is 0 Å². The highest BCUT2D eigenvalue weighted by molar-refractivity contribution is 7.91. The minimum absolute atomic E-state index is 0.0181. The maximum atomic E-state index is 13.2. The van der Waals surface area contributed by atoms with Gasteiger partial charge in [-0.25, -0.2) is 18.0 Å². The van der Waals surface area contributed by atoms with Crippen molar-refractivity contribution >= 4 is 21.9 Å². The van der Waals surface area contributed by atoms with Crippen molar-refractivity contribution in [3.8, 4) is 11.1 Å². The zero-order valence-corrected chi connectivity index (χ0v) is 20.3. The van der Waals surface area contributed by atoms with Crippen LogP contribution in [0, 0.1) is 5.92 Å². The average Bonchev–Trinajstić information content (AvgIpc) is 3.49. The van der Waals surface area contributed by atoms with Crippen LogP contribution >= 0.6 is 0 Å². The molecule has 1 heterocycles. The summed E-state index contributed by atoms with van der Waals surface area (Å²) in [4.78, 5) is 26.6. The number of ether oxygens (including phenoxy) is 1. The molecule has 0 aromatic heterocycles. The Morgan fingerprint density at radius 3 is 2.17 bits per heavy atom. The van der Waals surface area contributed by atoms with Gasteiger partial charge in [0.1, 0.15) is 6.61 Å². The molecular formula is C28H25NO6S. The second kappa shape index (κ2) is 8.48. The van der Waals surface area contributed by atoms with Gasteiger partial charge in [-0.3, -0.25) is 4.90 Å². The summed E-state index contributed by atoms with van der Waals surface area (Å²) in [5.41, 5.74) is 5.28. The zero-order chi connectivity index (χ0) is 25.0. The van der Waals surface area contributed by atoms with Crippen molar-refractivity contribution in [1.82, 2.24) is 4.90 Å². The molecule has 1 amide bonds. The second-order valence-corrected chi connectivity index (χ2v) is 11.8. The molecule has 1 unspecified atom stereocenters. The monoisotopic (exact) mass is 503 g/mol. The number of hydrogen-bond acceptors (Lipinski definition) is 5. The number of sulfone groups is 1. The van der Waals surface area contributed by atoms with Gasteiger partial charge in [0, 0.05) is 5.92 Å². The van der Waals surface area contributed by atoms with E-state index in [1.165, 1.54) is 18.2 Å². The summed E-state index contributed by atoms with van der Waals surface area (Å²) >= 11 is 0. The van der Waals surface area contributed by atoms with Gasteiger partial charge in [-0.05, 0) is 64.3 Å². The number of nitrogens with zero attached hydrogens (tertiary/aromatic N) is 1. The van der Waals surface area contributed by atoms with Crippen LogP contribution in [-0.2, 0) is 25.9 Å². The third-order valence-corrected chi connectivity index (χ3v) is 9.26. The molecule has 1 N–H and O–H groups in total. The van der Waals surface area contributed by atoms with E-state index in [2.05, 4.69) is 0 Å². The summed E-state index contributed by atoms with van der Waals surface area (Å²) in [6.45, 7) is 0.0584. The van der Waals surface area contributed by atoms with Crippen molar-refractivity contribution in [2.24, 2.45) is 5.92 Å². The van der Waals surface area contributed by atoms with Crippen molar-refractivity contribution in [3.05, 3.63) is 89.0 Å². The van der Waals surface area contributed by atoms with E-state index in [4.69, 9.17) is 4.74 Å². The van der Waals surface area contributed by atoms with Crippen molar-refractivity contribution in [3.63, 3.8) is 0 Å². The number of carbonyl (C=O) groups is 2. The number of hydrogen-bond donors (Lipinski definition) is 1. The van der Waals surface area contributed by atoms with Gasteiger partial charge in [-0.1, -0.05) is 54.6 Å². The van der Waals surface area contributed by atoms with Crippen LogP contribution in [-0.4, -0.2) is 42.8 Å². The smallest absolute Gasteiger partial charge is 0.411 e. The largest absolute Gasteiger partial charge is 0.479 e. The standard InChI is InChI=1S/C28H25NO6S/c30-27(31)26-20-12-11-19(36(33,34)16-17-9-10-17)13-18(20)14-29(26)28(32)35-15-25-23-7-3-1-5-21(23)22-6-2-4-8-24(22)25/h1-8,11-13,17,25-26H,9-10,14-16H2,(H,30,31). The van der Waals surface area contributed by atoms with E-state index in [1.54, 1.807) is 0 Å². The lowest BCUT2D eigenvalue weighted by atomic mass is 9.98. The van der Waals surface area contributed by atoms with Gasteiger partial charge >= 0.3 is 12.1 Å². The Morgan fingerprint density at radius 2 is 1.56 bits per heavy atom. The second-order valence-electron chi connectivity index (χ2n) is 9.76. The lowest BCUT2D eigenvalue weighted by Gasteiger charge is -2.23. The summed E-state index contributed by atoms with van der Waals surface area (Å²) in [5.74, 6) is -1.03. The molecule has 184 valence electrons. The van der Waals surface area contributed by atoms with Crippen LogP contribution in [0.1, 0.15) is 47.1 Å². The maximum absolute atomic E-state index is 13.2. The Hall–Kier alpha value is -3.65. The fraction of sp³-hybridized carbons (Fsp3) is 0.286. The lowest BCUT2D eigenvalue weighted by molar-refractivity contribution is -0.142. The molecule has 1 saturated carbocycles. The highest BCUT2D eigenvalue weighted by Gasteiger charge is 2.41. The molecule has 1 aliphatic heterocycles. The van der Waals surface area contributed by atoms with Crippen LogP contribution < -0.4 is 0 Å². The Balaban J connectivity index is 1.23. The van der Waals surface area contributed by atoms with Crippen molar-refractivity contribution in [2.45, 2.75) is 36.2 Å². The van der Waals surface area contributed by atoms with E-state index in [-0.39, 0.29) is 35.6 Å². The number of amides is 1. The molecule has 8 heteroatoms. The fourth-order valence-electron chi connectivity index (χ4n) is 5.43. The van der Waals surface area contributed by atoms with E-state index < -0.39 is 27.9 Å². The lowest BCUT2D eigenvalue weighted by Crippen LogP contribution is -2.35. The molecule has 0 spiro atoms. The Bertz CT molecular complexity index is 1450. The Kier molecular flexibility index (Phi) is 5.37. The van der Waals surface area contributed by atoms with Gasteiger partial charge in [0.15, 0.2) is 15.9 Å². The van der Waals surface area contributed by atoms with Crippen LogP contribution in [0.3, 0.4) is 0 Å². The molecule has 2 aliphatic carbocycles. The normalized spacial score (nSPS) is 18.4. The van der Waals surface area contributed by atoms with Gasteiger partial charge in [0.25, 0.3) is 0 Å². The summed E-state index contributed by atoms with van der Waals surface area (Å²) in [6, 6.07) is 19.2. The Labute approximate surface area is 209 Å². The van der Waals surface area contributed by atoms with E-state index in [1.807, 2.05) is 48.5 Å². The van der Waals surface area contributed by atoms with Crippen LogP contribution in [0.2, 0.25) is 0 Å². The molecule has 3 aliphatic rings. The molecule has 0 saturated heterocycles. The Morgan fingerprint density at radius 1 is 0.917 bits per heavy atom. The topological polar surface area (TPSA) is 101 Å². The predicted octanol–water partition coefficient (Wildman–Crippen LogP) is 4.76. The number of carbonyl (C=O) groups excluding carboxylic acids is 1. The van der Waals surface area contributed by atoms with Gasteiger partial charge in [0.05, 0.1) is 17.2 Å². The van der Waals surface area contributed by atoms with Gasteiger partial charge in [0.2, 0.25) is 0 Å². The van der Waals surface area contributed by atoms with Crippen LogP contribution in [0.25, 0.3) is 11.1 Å². The van der Waals surface area contributed by atoms with Crippen molar-refractivity contribution in [2.75, 3.05) is 12.4 Å². The first-order valence-corrected chi connectivity index (χ1v) is 13.7. The summed E-state index contributed by atoms with van der Waals surface area (Å²) < 4.78 is 31.2. The highest BCUT2D eigenvalue weighted by atomic mass is 32.2. The fourth-order valence-corrected chi connectivity index (χ4v) is 7.17. The third kappa shape index (κ3) is 3.86. The molecule has 7 nitrogen and oxygen atoms in total. The van der Waals surface area contributed by atoms with Crippen LogP contribution in [0.15, 0.2) is 71.6 Å². The number of fused-ring (bicyclic) bond motifs is 4. The zero-order valence-electron chi connectivity index (χ0n) is 19.5. The minimum Gasteiger partial charge on any atom is -0.479 e. The molecule has 6 rings (SSSR count). The molecule has 0 radical (unpaired) electrons. The first-order valence-electron chi connectivity index (χ1n) is 12.0. The number of carboxylic acids is 1. The molecular weight excluding hydrogens is 478 g/mol. The third-order valence-electron chi connectivity index (χ3n) is 7.38. The maximum Gasteiger partial charge on any atom is 0.411 e. The first kappa shape index (κ1) is 22.8. The van der Waals surface area contributed by atoms with Crippen molar-refractivity contribution < 1.29 is 27.9 Å². The molecule has 3 aromatic carbocycles. The van der Waals surface area contributed by atoms with Crippen LogP contribution in [0.5, 0.6) is 0 Å². The first-order chi connectivity index (χ1) is 17.3. The summed E-state index contributed by atoms with van der Waals surface area (Å²) in [7, 11) is -3.45. The number of rotatable bonds is 6. The SMILES string of the molecule is O=C(O)C1c2ccc(S(=O)(=O)CC3CC3)cc2CN1C(=O)OCC1c2ccccc2-c2ccccc21. The minimum atomic E-state index is -3.45. The van der Waals surface area contributed by atoms with Crippen molar-refractivity contribution in [1.29, 1.82) is 0 Å². The van der Waals surface area contributed by atoms with Crippen LogP contribution in [0.4, 0.5) is 4.79 Å². The number of benzene rings is 3. The summed E-state index contributed by atoms with van der Waals surface area (Å²) in [5, 5.41) is 9.91. The molecule has 1 fully saturated rings.